The van der Waals surface area contributed by atoms with Gasteiger partial charge in [-0.3, -0.25) is 20.7 Å². The summed E-state index contributed by atoms with van der Waals surface area (Å²) in [6.07, 6.45) is 0. The Balaban J connectivity index is 2.54. The third-order valence-electron chi connectivity index (χ3n) is 3.02. The number of aromatic carboxylic acids is 1. The number of carboxylic acid groups (broad SMARTS) is 1. The van der Waals surface area contributed by atoms with Crippen LogP contribution in [0.3, 0.4) is 0 Å². The maximum Gasteiger partial charge on any atom is 0.337 e. The van der Waals surface area contributed by atoms with Crippen LogP contribution in [0.4, 0.5) is 17.1 Å². The van der Waals surface area contributed by atoms with Gasteiger partial charge in [-0.1, -0.05) is 12.1 Å². The number of nitrogens with two attached hydrogens (primary N) is 1. The number of para-hydroxylation sites is 1. The maximum atomic E-state index is 12.5. The lowest BCUT2D eigenvalue weighted by Crippen LogP contribution is -2.19. The number of sulfonamides is 1. The van der Waals surface area contributed by atoms with Gasteiger partial charge in [0.25, 0.3) is 15.7 Å². The van der Waals surface area contributed by atoms with Gasteiger partial charge < -0.3 is 10.5 Å². The lowest BCUT2D eigenvalue weighted by Gasteiger charge is -2.13. The summed E-state index contributed by atoms with van der Waals surface area (Å²) in [5.41, 5.74) is 1.14. The number of rotatable bonds is 6. The summed E-state index contributed by atoms with van der Waals surface area (Å²) in [4.78, 5) is 20.8. The summed E-state index contributed by atoms with van der Waals surface area (Å²) < 4.78 is 27.1. The second kappa shape index (κ2) is 6.52. The zero-order valence-corrected chi connectivity index (χ0v) is 12.8. The lowest BCUT2D eigenvalue weighted by atomic mass is 10.2. The first-order chi connectivity index (χ1) is 11.3. The third-order valence-corrected chi connectivity index (χ3v) is 4.43. The van der Waals surface area contributed by atoms with E-state index in [9.17, 15) is 23.3 Å². The molecule has 11 heteroatoms. The molecule has 0 aromatic heterocycles. The molecule has 0 atom stereocenters. The molecule has 0 saturated carbocycles. The smallest absolute Gasteiger partial charge is 0.337 e. The minimum absolute atomic E-state index is 0.0825. The fraction of sp³-hybridized carbons (Fsp3) is 0. The number of non-ortho nitro benzene ring substituents is 1. The molecule has 0 spiro atoms. The highest BCUT2D eigenvalue weighted by molar-refractivity contribution is 7.93. The number of nitro groups is 1. The molecule has 0 fully saturated rings. The van der Waals surface area contributed by atoms with Crippen LogP contribution in [-0.2, 0) is 10.0 Å². The van der Waals surface area contributed by atoms with Crippen molar-refractivity contribution < 1.29 is 23.2 Å². The van der Waals surface area contributed by atoms with Crippen LogP contribution in [0, 0.1) is 10.1 Å². The van der Waals surface area contributed by atoms with Crippen molar-refractivity contribution in [1.82, 2.24) is 0 Å². The first kappa shape index (κ1) is 17.2. The number of nitrogens with zero attached hydrogens (tertiary/aromatic N) is 1. The molecule has 2 aromatic rings. The number of hydrogen-bond donors (Lipinski definition) is 4. The van der Waals surface area contributed by atoms with E-state index >= 15 is 0 Å². The summed E-state index contributed by atoms with van der Waals surface area (Å²) in [6, 6.07) is 8.39. The van der Waals surface area contributed by atoms with E-state index < -0.39 is 31.5 Å². The van der Waals surface area contributed by atoms with Crippen molar-refractivity contribution >= 4 is 33.1 Å². The standard InChI is InChI=1S/C13H12N4O6S/c14-15-11-6-5-8(17(20)21)7-12(11)24(22,23)16-10-4-2-1-3-9(10)13(18)19/h1-7,15-16H,14H2,(H,18,19). The zero-order chi connectivity index (χ0) is 17.9. The van der Waals surface area contributed by atoms with E-state index in [1.165, 1.54) is 24.3 Å². The van der Waals surface area contributed by atoms with Gasteiger partial charge in [-0.05, 0) is 18.2 Å². The molecule has 0 radical (unpaired) electrons. The van der Waals surface area contributed by atoms with Crippen molar-refractivity contribution in [2.24, 2.45) is 5.84 Å². The van der Waals surface area contributed by atoms with Crippen LogP contribution in [0.2, 0.25) is 0 Å². The zero-order valence-electron chi connectivity index (χ0n) is 12.0. The number of hydrazine groups is 1. The summed E-state index contributed by atoms with van der Waals surface area (Å²) in [5.74, 6) is 3.91. The molecule has 2 rings (SSSR count). The van der Waals surface area contributed by atoms with Gasteiger partial charge in [-0.25, -0.2) is 13.2 Å². The molecule has 24 heavy (non-hydrogen) atoms. The molecule has 0 aliphatic heterocycles. The summed E-state index contributed by atoms with van der Waals surface area (Å²) >= 11 is 0. The van der Waals surface area contributed by atoms with Crippen LogP contribution in [0.15, 0.2) is 47.4 Å². The van der Waals surface area contributed by atoms with Crippen molar-refractivity contribution in [2.75, 3.05) is 10.1 Å². The molecule has 0 heterocycles. The molecule has 0 bridgehead atoms. The summed E-state index contributed by atoms with van der Waals surface area (Å²) in [5, 5.41) is 19.9. The second-order valence-electron chi connectivity index (χ2n) is 4.54. The van der Waals surface area contributed by atoms with Crippen LogP contribution < -0.4 is 16.0 Å². The van der Waals surface area contributed by atoms with Gasteiger partial charge in [0.2, 0.25) is 0 Å². The topological polar surface area (TPSA) is 165 Å². The van der Waals surface area contributed by atoms with Gasteiger partial charge in [0.05, 0.1) is 21.9 Å². The highest BCUT2D eigenvalue weighted by Crippen LogP contribution is 2.28. The van der Waals surface area contributed by atoms with Gasteiger partial charge in [0.15, 0.2) is 0 Å². The van der Waals surface area contributed by atoms with Crippen molar-refractivity contribution in [3.05, 3.63) is 58.1 Å². The molecular weight excluding hydrogens is 340 g/mol. The Hall–Kier alpha value is -3.18. The minimum Gasteiger partial charge on any atom is -0.478 e. The van der Waals surface area contributed by atoms with E-state index in [4.69, 9.17) is 10.9 Å². The number of carbonyl (C=O) groups is 1. The van der Waals surface area contributed by atoms with Crippen LogP contribution in [0.25, 0.3) is 0 Å². The molecule has 0 aliphatic rings. The summed E-state index contributed by atoms with van der Waals surface area (Å²) in [7, 11) is -4.33. The van der Waals surface area contributed by atoms with Crippen molar-refractivity contribution in [3.8, 4) is 0 Å². The number of benzene rings is 2. The Morgan fingerprint density at radius 2 is 1.83 bits per heavy atom. The predicted octanol–water partition coefficient (Wildman–Crippen LogP) is 1.38. The molecule has 126 valence electrons. The predicted molar refractivity (Wildman–Crippen MR) is 85.1 cm³/mol. The average Bonchev–Trinajstić information content (AvgIpc) is 2.54. The number of nitro benzene ring substituents is 1. The Morgan fingerprint density at radius 1 is 1.17 bits per heavy atom. The molecule has 0 aliphatic carbocycles. The van der Waals surface area contributed by atoms with Gasteiger partial charge >= 0.3 is 5.97 Å². The van der Waals surface area contributed by atoms with Crippen LogP contribution in [0.1, 0.15) is 10.4 Å². The highest BCUT2D eigenvalue weighted by atomic mass is 32.2. The number of nitrogen functional groups attached to an aromatic ring is 1. The SMILES string of the molecule is NNc1ccc([N+](=O)[O-])cc1S(=O)(=O)Nc1ccccc1C(=O)O. The molecular formula is C13H12N4O6S. The van der Waals surface area contributed by atoms with Crippen LogP contribution in [0.5, 0.6) is 0 Å². The Morgan fingerprint density at radius 3 is 2.42 bits per heavy atom. The van der Waals surface area contributed by atoms with Gasteiger partial charge in [-0.2, -0.15) is 0 Å². The normalized spacial score (nSPS) is 10.9. The van der Waals surface area contributed by atoms with Gasteiger partial charge in [-0.15, -0.1) is 0 Å². The number of hydrogen-bond acceptors (Lipinski definition) is 7. The quantitative estimate of drug-likeness (QED) is 0.344. The number of carboxylic acids is 1. The van der Waals surface area contributed by atoms with E-state index in [1.54, 1.807) is 0 Å². The van der Waals surface area contributed by atoms with Crippen molar-refractivity contribution in [3.63, 3.8) is 0 Å². The van der Waals surface area contributed by atoms with E-state index in [0.29, 0.717) is 0 Å². The fourth-order valence-corrected chi connectivity index (χ4v) is 3.19. The van der Waals surface area contributed by atoms with E-state index in [1.807, 2.05) is 0 Å². The first-order valence-corrected chi connectivity index (χ1v) is 7.85. The molecule has 0 amide bonds. The monoisotopic (exact) mass is 352 g/mol. The molecule has 10 nitrogen and oxygen atoms in total. The molecule has 0 saturated heterocycles. The Bertz CT molecular complexity index is 912. The third kappa shape index (κ3) is 3.42. The van der Waals surface area contributed by atoms with Crippen LogP contribution >= 0.6 is 0 Å². The first-order valence-electron chi connectivity index (χ1n) is 6.36. The number of anilines is 2. The number of nitrogens with one attached hydrogen (secondary N) is 2. The van der Waals surface area contributed by atoms with E-state index in [0.717, 1.165) is 18.2 Å². The van der Waals surface area contributed by atoms with Gasteiger partial charge in [0, 0.05) is 12.1 Å². The molecule has 5 N–H and O–H groups in total. The summed E-state index contributed by atoms with van der Waals surface area (Å²) in [6.45, 7) is 0. The van der Waals surface area contributed by atoms with Crippen molar-refractivity contribution in [2.45, 2.75) is 4.90 Å². The lowest BCUT2D eigenvalue weighted by molar-refractivity contribution is -0.385. The maximum absolute atomic E-state index is 12.5. The highest BCUT2D eigenvalue weighted by Gasteiger charge is 2.24. The minimum atomic E-state index is -4.33. The average molecular weight is 352 g/mol. The van der Waals surface area contributed by atoms with Crippen LogP contribution in [-0.4, -0.2) is 24.4 Å². The van der Waals surface area contributed by atoms with E-state index in [-0.39, 0.29) is 16.9 Å². The van der Waals surface area contributed by atoms with Crippen molar-refractivity contribution in [1.29, 1.82) is 0 Å². The van der Waals surface area contributed by atoms with Gasteiger partial charge in [0.1, 0.15) is 4.90 Å². The molecule has 2 aromatic carbocycles. The Labute approximate surface area is 136 Å². The largest absolute Gasteiger partial charge is 0.478 e. The fourth-order valence-electron chi connectivity index (χ4n) is 1.92. The van der Waals surface area contributed by atoms with E-state index in [2.05, 4.69) is 10.1 Å². The Kier molecular flexibility index (Phi) is 4.66. The molecule has 0 unspecified atom stereocenters. The second-order valence-corrected chi connectivity index (χ2v) is 6.19.